The van der Waals surface area contributed by atoms with Gasteiger partial charge in [0.25, 0.3) is 11.8 Å². The molecule has 2 aromatic rings. The van der Waals surface area contributed by atoms with E-state index in [0.29, 0.717) is 0 Å². The lowest BCUT2D eigenvalue weighted by molar-refractivity contribution is -0.119. The van der Waals surface area contributed by atoms with E-state index < -0.39 is 52.4 Å². The number of amides is 2. The maximum atomic E-state index is 13.8. The van der Waals surface area contributed by atoms with Gasteiger partial charge in [-0.2, -0.15) is 4.39 Å². The summed E-state index contributed by atoms with van der Waals surface area (Å²) in [5.74, 6) is -11.0. The van der Waals surface area contributed by atoms with Crippen LogP contribution < -0.4 is 9.64 Å². The van der Waals surface area contributed by atoms with Gasteiger partial charge in [0.1, 0.15) is 0 Å². The summed E-state index contributed by atoms with van der Waals surface area (Å²) in [5, 5.41) is 0. The number of esters is 1. The van der Waals surface area contributed by atoms with E-state index in [1.54, 1.807) is 0 Å². The number of hydrogen-bond acceptors (Lipinski definition) is 4. The maximum Gasteiger partial charge on any atom is 0.343 e. The number of ether oxygens (including phenoxy) is 1. The number of anilines is 1. The first-order chi connectivity index (χ1) is 12.7. The molecule has 27 heavy (non-hydrogen) atoms. The van der Waals surface area contributed by atoms with Crippen LogP contribution in [0.2, 0.25) is 0 Å². The van der Waals surface area contributed by atoms with Crippen molar-refractivity contribution in [3.63, 3.8) is 0 Å². The molecule has 3 rings (SSSR count). The molecule has 1 heterocycles. The van der Waals surface area contributed by atoms with Crippen molar-refractivity contribution < 1.29 is 36.7 Å². The maximum absolute atomic E-state index is 13.8. The minimum atomic E-state index is -2.10. The molecule has 2 aromatic carbocycles. The number of carbonyl (C=O) groups is 3. The lowest BCUT2D eigenvalue weighted by Gasteiger charge is -2.14. The monoisotopic (exact) mass is 379 g/mol. The molecule has 2 amide bonds. The quantitative estimate of drug-likeness (QED) is 0.205. The fourth-order valence-corrected chi connectivity index (χ4v) is 2.40. The average Bonchev–Trinajstić information content (AvgIpc) is 3.00. The van der Waals surface area contributed by atoms with Crippen LogP contribution in [0.5, 0.6) is 5.75 Å². The smallest absolute Gasteiger partial charge is 0.343 e. The summed E-state index contributed by atoms with van der Waals surface area (Å²) in [6.45, 7) is 0.921. The van der Waals surface area contributed by atoms with Crippen molar-refractivity contribution in [2.24, 2.45) is 0 Å². The molecule has 0 spiro atoms. The third-order valence-corrected chi connectivity index (χ3v) is 3.81. The van der Waals surface area contributed by atoms with Gasteiger partial charge in [-0.15, -0.1) is 0 Å². The second-order valence-corrected chi connectivity index (χ2v) is 5.49. The molecule has 0 bridgehead atoms. The van der Waals surface area contributed by atoms with Gasteiger partial charge in [0, 0.05) is 17.7 Å². The van der Waals surface area contributed by atoms with Gasteiger partial charge in [0.15, 0.2) is 17.4 Å². The van der Waals surface area contributed by atoms with Crippen molar-refractivity contribution in [1.82, 2.24) is 0 Å². The van der Waals surface area contributed by atoms with Crippen molar-refractivity contribution >= 4 is 23.5 Å². The number of benzene rings is 2. The Kier molecular flexibility index (Phi) is 4.52. The first-order valence-electron chi connectivity index (χ1n) is 7.43. The molecular formula is C18H9F4NO4. The third kappa shape index (κ3) is 3.07. The van der Waals surface area contributed by atoms with Gasteiger partial charge in [-0.25, -0.2) is 22.9 Å². The molecule has 0 saturated heterocycles. The Bertz CT molecular complexity index is 968. The minimum absolute atomic E-state index is 0.158. The van der Waals surface area contributed by atoms with Gasteiger partial charge in [-0.1, -0.05) is 0 Å². The van der Waals surface area contributed by atoms with E-state index in [9.17, 15) is 31.9 Å². The van der Waals surface area contributed by atoms with Crippen LogP contribution >= 0.6 is 0 Å². The van der Waals surface area contributed by atoms with Crippen molar-refractivity contribution in [2.75, 3.05) is 4.90 Å². The number of nitrogens with zero attached hydrogens (tertiary/aromatic N) is 1. The van der Waals surface area contributed by atoms with Crippen molar-refractivity contribution in [2.45, 2.75) is 6.92 Å². The number of hydrogen-bond donors (Lipinski definition) is 0. The molecular weight excluding hydrogens is 370 g/mol. The molecule has 0 fully saturated rings. The standard InChI is InChI=1S/C18H9F4NO4/c1-8-13(19)14(20)15(21)16(22)17(8)27-18(26)9-2-4-10(5-3-9)23-11(24)6-7-12(23)25/h2-7H,1H3. The lowest BCUT2D eigenvalue weighted by atomic mass is 10.1. The van der Waals surface area contributed by atoms with Crippen LogP contribution in [0.4, 0.5) is 23.2 Å². The summed E-state index contributed by atoms with van der Waals surface area (Å²) < 4.78 is 58.5. The second-order valence-electron chi connectivity index (χ2n) is 5.49. The minimum Gasteiger partial charge on any atom is -0.419 e. The van der Waals surface area contributed by atoms with E-state index in [-0.39, 0.29) is 11.3 Å². The summed E-state index contributed by atoms with van der Waals surface area (Å²) in [5.41, 5.74) is -0.696. The van der Waals surface area contributed by atoms with Crippen molar-refractivity contribution in [1.29, 1.82) is 0 Å². The van der Waals surface area contributed by atoms with E-state index in [4.69, 9.17) is 0 Å². The fraction of sp³-hybridized carbons (Fsp3) is 0.0556. The van der Waals surface area contributed by atoms with Crippen LogP contribution in [-0.4, -0.2) is 17.8 Å². The SMILES string of the molecule is Cc1c(F)c(F)c(F)c(F)c1OC(=O)c1ccc(N2C(=O)C=CC2=O)cc1. The van der Waals surface area contributed by atoms with Crippen LogP contribution in [0.15, 0.2) is 36.4 Å². The molecule has 0 saturated carbocycles. The van der Waals surface area contributed by atoms with E-state index in [1.807, 2.05) is 0 Å². The average molecular weight is 379 g/mol. The Hall–Kier alpha value is -3.49. The Morgan fingerprint density at radius 3 is 1.93 bits per heavy atom. The number of carbonyl (C=O) groups excluding carboxylic acids is 3. The van der Waals surface area contributed by atoms with E-state index in [2.05, 4.69) is 4.74 Å². The van der Waals surface area contributed by atoms with Crippen molar-refractivity contribution in [3.05, 3.63) is 70.8 Å². The number of rotatable bonds is 3. The number of imide groups is 1. The Morgan fingerprint density at radius 1 is 0.852 bits per heavy atom. The topological polar surface area (TPSA) is 63.7 Å². The highest BCUT2D eigenvalue weighted by Crippen LogP contribution is 2.30. The highest BCUT2D eigenvalue weighted by Gasteiger charge is 2.27. The Balaban J connectivity index is 1.86. The van der Waals surface area contributed by atoms with Gasteiger partial charge in [-0.3, -0.25) is 9.59 Å². The van der Waals surface area contributed by atoms with Crippen LogP contribution in [0.1, 0.15) is 15.9 Å². The highest BCUT2D eigenvalue weighted by atomic mass is 19.2. The Morgan fingerprint density at radius 2 is 1.37 bits per heavy atom. The zero-order valence-electron chi connectivity index (χ0n) is 13.6. The van der Waals surface area contributed by atoms with E-state index in [0.717, 1.165) is 24.0 Å². The highest BCUT2D eigenvalue weighted by molar-refractivity contribution is 6.28. The normalized spacial score (nSPS) is 13.4. The number of halogens is 4. The van der Waals surface area contributed by atoms with Crippen LogP contribution in [0, 0.1) is 30.2 Å². The molecule has 0 atom stereocenters. The van der Waals surface area contributed by atoms with Gasteiger partial charge >= 0.3 is 5.97 Å². The molecule has 1 aliphatic heterocycles. The molecule has 138 valence electrons. The predicted octanol–water partition coefficient (Wildman–Crippen LogP) is 3.20. The van der Waals surface area contributed by atoms with E-state index >= 15 is 0 Å². The van der Waals surface area contributed by atoms with Gasteiger partial charge in [0.2, 0.25) is 11.6 Å². The molecule has 0 radical (unpaired) electrons. The molecule has 0 N–H and O–H groups in total. The zero-order valence-corrected chi connectivity index (χ0v) is 13.6. The van der Waals surface area contributed by atoms with Gasteiger partial charge in [-0.05, 0) is 31.2 Å². The summed E-state index contributed by atoms with van der Waals surface area (Å²) in [4.78, 5) is 36.1. The molecule has 5 nitrogen and oxygen atoms in total. The lowest BCUT2D eigenvalue weighted by Crippen LogP contribution is -2.29. The Labute approximate surface area is 149 Å². The molecule has 0 aromatic heterocycles. The fourth-order valence-electron chi connectivity index (χ4n) is 2.40. The van der Waals surface area contributed by atoms with Gasteiger partial charge < -0.3 is 4.74 Å². The zero-order chi connectivity index (χ0) is 19.9. The second kappa shape index (κ2) is 6.67. The van der Waals surface area contributed by atoms with Crippen LogP contribution in [-0.2, 0) is 9.59 Å². The largest absolute Gasteiger partial charge is 0.419 e. The molecule has 0 aliphatic carbocycles. The summed E-state index contributed by atoms with van der Waals surface area (Å²) in [6, 6.07) is 4.85. The molecule has 1 aliphatic rings. The first kappa shape index (κ1) is 18.3. The summed E-state index contributed by atoms with van der Waals surface area (Å²) in [6.07, 6.45) is 2.15. The third-order valence-electron chi connectivity index (χ3n) is 3.81. The predicted molar refractivity (Wildman–Crippen MR) is 84.0 cm³/mol. The van der Waals surface area contributed by atoms with Gasteiger partial charge in [0.05, 0.1) is 11.3 Å². The van der Waals surface area contributed by atoms with Crippen molar-refractivity contribution in [3.8, 4) is 5.75 Å². The molecule has 0 unspecified atom stereocenters. The van der Waals surface area contributed by atoms with E-state index in [1.165, 1.54) is 24.3 Å². The summed E-state index contributed by atoms with van der Waals surface area (Å²) >= 11 is 0. The molecule has 9 heteroatoms. The summed E-state index contributed by atoms with van der Waals surface area (Å²) in [7, 11) is 0. The van der Waals surface area contributed by atoms with Crippen LogP contribution in [0.25, 0.3) is 0 Å². The first-order valence-corrected chi connectivity index (χ1v) is 7.43. The van der Waals surface area contributed by atoms with Crippen LogP contribution in [0.3, 0.4) is 0 Å².